The van der Waals surface area contributed by atoms with Crippen molar-refractivity contribution in [3.8, 4) is 0 Å². The van der Waals surface area contributed by atoms with Crippen molar-refractivity contribution in [3.05, 3.63) is 29.3 Å². The molecule has 3 rings (SSSR count). The standard InChI is InChI=1S/C16H24N2/c1-11-8-9-13-15(10-11)18(2)14-7-5-3-4-6-12(14)16(13)17/h8-10,12,14,16H,3-7,17H2,1-2H3. The van der Waals surface area contributed by atoms with Crippen LogP contribution in [-0.2, 0) is 0 Å². The van der Waals surface area contributed by atoms with Crippen molar-refractivity contribution in [2.75, 3.05) is 11.9 Å². The van der Waals surface area contributed by atoms with Crippen molar-refractivity contribution >= 4 is 5.69 Å². The normalized spacial score (nSPS) is 31.5. The summed E-state index contributed by atoms with van der Waals surface area (Å²) in [5.74, 6) is 0.646. The lowest BCUT2D eigenvalue weighted by molar-refractivity contribution is 0.310. The van der Waals surface area contributed by atoms with Gasteiger partial charge in [-0.2, -0.15) is 0 Å². The van der Waals surface area contributed by atoms with Crippen LogP contribution in [0.2, 0.25) is 0 Å². The number of hydrogen-bond donors (Lipinski definition) is 1. The van der Waals surface area contributed by atoms with Crippen LogP contribution < -0.4 is 10.6 Å². The molecule has 2 N–H and O–H groups in total. The Morgan fingerprint density at radius 2 is 1.94 bits per heavy atom. The molecule has 1 heterocycles. The molecule has 1 aromatic carbocycles. The van der Waals surface area contributed by atoms with Gasteiger partial charge in [-0.25, -0.2) is 0 Å². The molecule has 98 valence electrons. The first-order chi connectivity index (χ1) is 8.68. The van der Waals surface area contributed by atoms with E-state index in [4.69, 9.17) is 5.73 Å². The highest BCUT2D eigenvalue weighted by Crippen LogP contribution is 2.44. The zero-order chi connectivity index (χ0) is 12.7. The van der Waals surface area contributed by atoms with E-state index < -0.39 is 0 Å². The summed E-state index contributed by atoms with van der Waals surface area (Å²) in [6.07, 6.45) is 6.69. The molecule has 0 radical (unpaired) electrons. The first-order valence-electron chi connectivity index (χ1n) is 7.27. The molecule has 1 aliphatic carbocycles. The number of hydrogen-bond acceptors (Lipinski definition) is 2. The first kappa shape index (κ1) is 12.0. The van der Waals surface area contributed by atoms with Gasteiger partial charge in [0.15, 0.2) is 0 Å². The fourth-order valence-corrected chi connectivity index (χ4v) is 3.87. The predicted molar refractivity (Wildman–Crippen MR) is 76.9 cm³/mol. The zero-order valence-electron chi connectivity index (χ0n) is 11.5. The molecule has 1 aromatic rings. The Morgan fingerprint density at radius 1 is 1.17 bits per heavy atom. The lowest BCUT2D eigenvalue weighted by atomic mass is 9.79. The van der Waals surface area contributed by atoms with Gasteiger partial charge in [-0.1, -0.05) is 31.4 Å². The van der Waals surface area contributed by atoms with E-state index in [9.17, 15) is 0 Å². The highest BCUT2D eigenvalue weighted by molar-refractivity contribution is 5.59. The average molecular weight is 244 g/mol. The minimum atomic E-state index is 0.236. The molecule has 0 bridgehead atoms. The molecule has 1 fully saturated rings. The molecule has 3 unspecified atom stereocenters. The molecule has 1 aliphatic heterocycles. The quantitative estimate of drug-likeness (QED) is 0.758. The van der Waals surface area contributed by atoms with Crippen molar-refractivity contribution in [3.63, 3.8) is 0 Å². The summed E-state index contributed by atoms with van der Waals surface area (Å²) in [6.45, 7) is 2.17. The minimum absolute atomic E-state index is 0.236. The van der Waals surface area contributed by atoms with Crippen LogP contribution in [-0.4, -0.2) is 13.1 Å². The van der Waals surface area contributed by atoms with Crippen molar-refractivity contribution in [2.45, 2.75) is 51.1 Å². The number of anilines is 1. The van der Waals surface area contributed by atoms with Crippen LogP contribution in [0.1, 0.15) is 49.3 Å². The van der Waals surface area contributed by atoms with Gasteiger partial charge in [-0.3, -0.25) is 0 Å². The van der Waals surface area contributed by atoms with E-state index in [1.807, 2.05) is 0 Å². The summed E-state index contributed by atoms with van der Waals surface area (Å²) in [4.78, 5) is 2.50. The van der Waals surface area contributed by atoms with Crippen molar-refractivity contribution in [1.82, 2.24) is 0 Å². The van der Waals surface area contributed by atoms with Crippen LogP contribution in [0.25, 0.3) is 0 Å². The summed E-state index contributed by atoms with van der Waals surface area (Å²) >= 11 is 0. The summed E-state index contributed by atoms with van der Waals surface area (Å²) < 4.78 is 0. The van der Waals surface area contributed by atoms with Gasteiger partial charge in [-0.05, 0) is 42.9 Å². The van der Waals surface area contributed by atoms with Crippen molar-refractivity contribution in [2.24, 2.45) is 11.7 Å². The van der Waals surface area contributed by atoms with Gasteiger partial charge in [0.1, 0.15) is 0 Å². The molecule has 1 saturated carbocycles. The second kappa shape index (κ2) is 4.58. The monoisotopic (exact) mass is 244 g/mol. The lowest BCUT2D eigenvalue weighted by Gasteiger charge is -2.44. The maximum atomic E-state index is 6.56. The molecule has 0 spiro atoms. The number of benzene rings is 1. The Kier molecular flexibility index (Phi) is 3.06. The number of rotatable bonds is 0. The predicted octanol–water partition coefficient (Wildman–Crippen LogP) is 3.39. The molecule has 0 amide bonds. The number of nitrogens with two attached hydrogens (primary N) is 1. The van der Waals surface area contributed by atoms with Gasteiger partial charge in [0, 0.05) is 24.8 Å². The van der Waals surface area contributed by atoms with Crippen LogP contribution in [0.5, 0.6) is 0 Å². The van der Waals surface area contributed by atoms with E-state index >= 15 is 0 Å². The van der Waals surface area contributed by atoms with E-state index in [1.165, 1.54) is 48.9 Å². The fraction of sp³-hybridized carbons (Fsp3) is 0.625. The summed E-state index contributed by atoms with van der Waals surface area (Å²) in [5.41, 5.74) is 10.6. The Morgan fingerprint density at radius 3 is 2.78 bits per heavy atom. The number of aryl methyl sites for hydroxylation is 1. The number of fused-ring (bicyclic) bond motifs is 2. The molecule has 2 heteroatoms. The summed E-state index contributed by atoms with van der Waals surface area (Å²) in [7, 11) is 2.26. The molecule has 3 atom stereocenters. The lowest BCUT2D eigenvalue weighted by Crippen LogP contribution is -2.46. The Hall–Kier alpha value is -1.02. The first-order valence-corrected chi connectivity index (χ1v) is 7.27. The van der Waals surface area contributed by atoms with Gasteiger partial charge in [-0.15, -0.1) is 0 Å². The van der Waals surface area contributed by atoms with Crippen molar-refractivity contribution < 1.29 is 0 Å². The smallest absolute Gasteiger partial charge is 0.0417 e. The summed E-state index contributed by atoms with van der Waals surface area (Å²) in [5, 5.41) is 0. The second-order valence-electron chi connectivity index (χ2n) is 6.07. The molecular formula is C16H24N2. The van der Waals surface area contributed by atoms with Crippen molar-refractivity contribution in [1.29, 1.82) is 0 Å². The maximum absolute atomic E-state index is 6.56. The molecular weight excluding hydrogens is 220 g/mol. The highest BCUT2D eigenvalue weighted by atomic mass is 15.2. The van der Waals surface area contributed by atoms with E-state index in [2.05, 4.69) is 37.1 Å². The third kappa shape index (κ3) is 1.83. The Labute approximate surface area is 110 Å². The molecule has 2 aliphatic rings. The third-order valence-corrected chi connectivity index (χ3v) is 4.92. The maximum Gasteiger partial charge on any atom is 0.0417 e. The van der Waals surface area contributed by atoms with Gasteiger partial charge in [0.05, 0.1) is 0 Å². The average Bonchev–Trinajstić information content (AvgIpc) is 2.61. The Bertz CT molecular complexity index is 441. The van der Waals surface area contributed by atoms with Gasteiger partial charge in [0.25, 0.3) is 0 Å². The van der Waals surface area contributed by atoms with Gasteiger partial charge in [0.2, 0.25) is 0 Å². The Balaban J connectivity index is 2.04. The third-order valence-electron chi connectivity index (χ3n) is 4.92. The molecule has 18 heavy (non-hydrogen) atoms. The fourth-order valence-electron chi connectivity index (χ4n) is 3.87. The SMILES string of the molecule is Cc1ccc2c(c1)N(C)C1CCCCCC1C2N. The van der Waals surface area contributed by atoms with Gasteiger partial charge >= 0.3 is 0 Å². The van der Waals surface area contributed by atoms with Crippen LogP contribution in [0.3, 0.4) is 0 Å². The second-order valence-corrected chi connectivity index (χ2v) is 6.07. The molecule has 0 saturated heterocycles. The highest BCUT2D eigenvalue weighted by Gasteiger charge is 2.38. The van der Waals surface area contributed by atoms with Crippen LogP contribution >= 0.6 is 0 Å². The summed E-state index contributed by atoms with van der Waals surface area (Å²) in [6, 6.07) is 7.63. The van der Waals surface area contributed by atoms with E-state index in [0.717, 1.165) is 0 Å². The molecule has 0 aromatic heterocycles. The number of nitrogens with zero attached hydrogens (tertiary/aromatic N) is 1. The topological polar surface area (TPSA) is 29.3 Å². The van der Waals surface area contributed by atoms with E-state index in [-0.39, 0.29) is 6.04 Å². The zero-order valence-corrected chi connectivity index (χ0v) is 11.5. The van der Waals surface area contributed by atoms with Crippen LogP contribution in [0.15, 0.2) is 18.2 Å². The van der Waals surface area contributed by atoms with E-state index in [1.54, 1.807) is 0 Å². The van der Waals surface area contributed by atoms with Crippen LogP contribution in [0, 0.1) is 12.8 Å². The van der Waals surface area contributed by atoms with Gasteiger partial charge < -0.3 is 10.6 Å². The van der Waals surface area contributed by atoms with Crippen LogP contribution in [0.4, 0.5) is 5.69 Å². The largest absolute Gasteiger partial charge is 0.371 e. The molecule has 2 nitrogen and oxygen atoms in total. The van der Waals surface area contributed by atoms with E-state index in [0.29, 0.717) is 12.0 Å². The minimum Gasteiger partial charge on any atom is -0.371 e.